The summed E-state index contributed by atoms with van der Waals surface area (Å²) in [6.45, 7) is 4.09. The quantitative estimate of drug-likeness (QED) is 0.874. The second kappa shape index (κ2) is 8.71. The van der Waals surface area contributed by atoms with Crippen molar-refractivity contribution < 1.29 is 9.53 Å². The average molecular weight is 347 g/mol. The standard InChI is InChI=1S/C19H22N2O2.ClH/c1-2-23-16-9-7-15(8-10-16)19(22)21-13-18-17-6-4-3-5-14(17)11-12-20-18;/h3-10,18,20H,2,11-13H2,1H3,(H,21,22);1H. The molecule has 0 aliphatic carbocycles. The summed E-state index contributed by atoms with van der Waals surface area (Å²) in [5, 5.41) is 6.49. The van der Waals surface area contributed by atoms with E-state index in [1.807, 2.05) is 25.1 Å². The number of benzene rings is 2. The molecule has 0 saturated carbocycles. The molecule has 4 nitrogen and oxygen atoms in total. The van der Waals surface area contributed by atoms with Gasteiger partial charge in [-0.2, -0.15) is 0 Å². The molecule has 5 heteroatoms. The van der Waals surface area contributed by atoms with Crippen LogP contribution in [0.15, 0.2) is 48.5 Å². The number of rotatable bonds is 5. The number of nitrogens with one attached hydrogen (secondary N) is 2. The Morgan fingerprint density at radius 1 is 1.21 bits per heavy atom. The molecule has 0 bridgehead atoms. The lowest BCUT2D eigenvalue weighted by atomic mass is 9.94. The van der Waals surface area contributed by atoms with Crippen LogP contribution in [-0.2, 0) is 6.42 Å². The first-order chi connectivity index (χ1) is 11.3. The van der Waals surface area contributed by atoms with E-state index in [-0.39, 0.29) is 24.4 Å². The molecule has 1 aliphatic heterocycles. The molecule has 1 aliphatic rings. The van der Waals surface area contributed by atoms with Crippen molar-refractivity contribution in [2.24, 2.45) is 0 Å². The van der Waals surface area contributed by atoms with Crippen LogP contribution < -0.4 is 15.4 Å². The summed E-state index contributed by atoms with van der Waals surface area (Å²) >= 11 is 0. The molecule has 1 atom stereocenters. The molecule has 0 radical (unpaired) electrons. The van der Waals surface area contributed by atoms with Crippen LogP contribution in [0, 0.1) is 0 Å². The number of fused-ring (bicyclic) bond motifs is 1. The van der Waals surface area contributed by atoms with Crippen molar-refractivity contribution >= 4 is 18.3 Å². The van der Waals surface area contributed by atoms with Gasteiger partial charge >= 0.3 is 0 Å². The van der Waals surface area contributed by atoms with E-state index in [1.54, 1.807) is 12.1 Å². The minimum absolute atomic E-state index is 0. The van der Waals surface area contributed by atoms with Crippen LogP contribution in [0.5, 0.6) is 5.75 Å². The summed E-state index contributed by atoms with van der Waals surface area (Å²) in [6.07, 6.45) is 1.04. The first-order valence-corrected chi connectivity index (χ1v) is 8.10. The zero-order valence-electron chi connectivity index (χ0n) is 13.7. The third-order valence-corrected chi connectivity index (χ3v) is 4.11. The van der Waals surface area contributed by atoms with Crippen molar-refractivity contribution in [3.8, 4) is 5.75 Å². The summed E-state index contributed by atoms with van der Waals surface area (Å²) in [6, 6.07) is 15.8. The summed E-state index contributed by atoms with van der Waals surface area (Å²) < 4.78 is 5.39. The van der Waals surface area contributed by atoms with E-state index in [1.165, 1.54) is 11.1 Å². The molecule has 3 rings (SSSR count). The number of halogens is 1. The van der Waals surface area contributed by atoms with Crippen LogP contribution in [0.4, 0.5) is 0 Å². The van der Waals surface area contributed by atoms with Crippen molar-refractivity contribution in [2.45, 2.75) is 19.4 Å². The molecule has 2 aromatic rings. The molecule has 0 fully saturated rings. The Kier molecular flexibility index (Phi) is 6.64. The fourth-order valence-electron chi connectivity index (χ4n) is 2.94. The van der Waals surface area contributed by atoms with Gasteiger partial charge in [0.1, 0.15) is 5.75 Å². The Morgan fingerprint density at radius 2 is 1.96 bits per heavy atom. The van der Waals surface area contributed by atoms with E-state index in [4.69, 9.17) is 4.74 Å². The van der Waals surface area contributed by atoms with Crippen LogP contribution in [0.2, 0.25) is 0 Å². The highest BCUT2D eigenvalue weighted by atomic mass is 35.5. The van der Waals surface area contributed by atoms with Crippen LogP contribution in [0.3, 0.4) is 0 Å². The van der Waals surface area contributed by atoms with Gasteiger partial charge in [0.2, 0.25) is 0 Å². The highest BCUT2D eigenvalue weighted by molar-refractivity contribution is 5.94. The van der Waals surface area contributed by atoms with Crippen molar-refractivity contribution in [2.75, 3.05) is 19.7 Å². The van der Waals surface area contributed by atoms with Gasteiger partial charge in [-0.25, -0.2) is 0 Å². The fourth-order valence-corrected chi connectivity index (χ4v) is 2.94. The van der Waals surface area contributed by atoms with Crippen molar-refractivity contribution in [3.05, 3.63) is 65.2 Å². The zero-order valence-corrected chi connectivity index (χ0v) is 14.6. The molecule has 24 heavy (non-hydrogen) atoms. The normalized spacial score (nSPS) is 15.8. The first kappa shape index (κ1) is 18.3. The number of hydrogen-bond donors (Lipinski definition) is 2. The molecule has 1 unspecified atom stereocenters. The van der Waals surface area contributed by atoms with E-state index in [9.17, 15) is 4.79 Å². The Balaban J connectivity index is 0.00000208. The largest absolute Gasteiger partial charge is 0.494 e. The van der Waals surface area contributed by atoms with Gasteiger partial charge in [-0.3, -0.25) is 4.79 Å². The highest BCUT2D eigenvalue weighted by Crippen LogP contribution is 2.22. The molecule has 2 aromatic carbocycles. The minimum atomic E-state index is -0.0575. The van der Waals surface area contributed by atoms with E-state index >= 15 is 0 Å². The minimum Gasteiger partial charge on any atom is -0.494 e. The number of carbonyl (C=O) groups is 1. The second-order valence-corrected chi connectivity index (χ2v) is 5.62. The van der Waals surface area contributed by atoms with Gasteiger partial charge < -0.3 is 15.4 Å². The zero-order chi connectivity index (χ0) is 16.1. The molecule has 128 valence electrons. The lowest BCUT2D eigenvalue weighted by Gasteiger charge is -2.27. The van der Waals surface area contributed by atoms with Crippen LogP contribution in [0.25, 0.3) is 0 Å². The van der Waals surface area contributed by atoms with E-state index < -0.39 is 0 Å². The second-order valence-electron chi connectivity index (χ2n) is 5.62. The maximum atomic E-state index is 12.3. The maximum Gasteiger partial charge on any atom is 0.251 e. The smallest absolute Gasteiger partial charge is 0.251 e. The fraction of sp³-hybridized carbons (Fsp3) is 0.316. The third-order valence-electron chi connectivity index (χ3n) is 4.11. The summed E-state index contributed by atoms with van der Waals surface area (Å²) in [7, 11) is 0. The predicted octanol–water partition coefficient (Wildman–Crippen LogP) is 3.12. The molecule has 2 N–H and O–H groups in total. The summed E-state index contributed by atoms with van der Waals surface area (Å²) in [4.78, 5) is 12.3. The lowest BCUT2D eigenvalue weighted by molar-refractivity contribution is 0.0949. The number of amides is 1. The van der Waals surface area contributed by atoms with Gasteiger partial charge in [-0.15, -0.1) is 12.4 Å². The van der Waals surface area contributed by atoms with Crippen LogP contribution in [0.1, 0.15) is 34.5 Å². The van der Waals surface area contributed by atoms with E-state index in [0.717, 1.165) is 18.7 Å². The summed E-state index contributed by atoms with van der Waals surface area (Å²) in [5.41, 5.74) is 3.30. The molecule has 0 aromatic heterocycles. The highest BCUT2D eigenvalue weighted by Gasteiger charge is 2.19. The molecular weight excluding hydrogens is 324 g/mol. The molecule has 1 heterocycles. The van der Waals surface area contributed by atoms with Crippen molar-refractivity contribution in [1.29, 1.82) is 0 Å². The maximum absolute atomic E-state index is 12.3. The van der Waals surface area contributed by atoms with Crippen molar-refractivity contribution in [3.63, 3.8) is 0 Å². The monoisotopic (exact) mass is 346 g/mol. The Hall–Kier alpha value is -2.04. The van der Waals surface area contributed by atoms with E-state index in [2.05, 4.69) is 28.8 Å². The van der Waals surface area contributed by atoms with Gasteiger partial charge in [0.15, 0.2) is 0 Å². The molecular formula is C19H23ClN2O2. The van der Waals surface area contributed by atoms with E-state index in [0.29, 0.717) is 18.7 Å². The third kappa shape index (κ3) is 4.28. The van der Waals surface area contributed by atoms with Crippen LogP contribution in [-0.4, -0.2) is 25.6 Å². The predicted molar refractivity (Wildman–Crippen MR) is 98.1 cm³/mol. The van der Waals surface area contributed by atoms with Crippen molar-refractivity contribution in [1.82, 2.24) is 10.6 Å². The van der Waals surface area contributed by atoms with Gasteiger partial charge in [-0.05, 0) is 55.3 Å². The topological polar surface area (TPSA) is 50.4 Å². The Morgan fingerprint density at radius 3 is 2.71 bits per heavy atom. The van der Waals surface area contributed by atoms with Gasteiger partial charge in [0, 0.05) is 18.2 Å². The molecule has 0 saturated heterocycles. The first-order valence-electron chi connectivity index (χ1n) is 8.10. The summed E-state index contributed by atoms with van der Waals surface area (Å²) in [5.74, 6) is 0.727. The number of ether oxygens (including phenoxy) is 1. The Bertz CT molecular complexity index is 673. The Labute approximate surface area is 149 Å². The van der Waals surface area contributed by atoms with Gasteiger partial charge in [-0.1, -0.05) is 24.3 Å². The SMILES string of the molecule is CCOc1ccc(C(=O)NCC2NCCc3ccccc32)cc1.Cl. The lowest BCUT2D eigenvalue weighted by Crippen LogP contribution is -2.38. The number of hydrogen-bond acceptors (Lipinski definition) is 3. The van der Waals surface area contributed by atoms with Gasteiger partial charge in [0.25, 0.3) is 5.91 Å². The van der Waals surface area contributed by atoms with Crippen LogP contribution >= 0.6 is 12.4 Å². The van der Waals surface area contributed by atoms with Gasteiger partial charge in [0.05, 0.1) is 6.61 Å². The molecule has 1 amide bonds. The number of carbonyl (C=O) groups excluding carboxylic acids is 1. The average Bonchev–Trinajstić information content (AvgIpc) is 2.60. The molecule has 0 spiro atoms.